The number of carbonyl (C=O) groups excluding carboxylic acids is 1. The SMILES string of the molecule is COc1ncc(-c2ccc3c(C(=O)NCc4c(C)cc(C)[nH]c4=O)nn(C(C)C)c3n2)cc1NS(=O)(=O)C1CC1. The van der Waals surface area contributed by atoms with Gasteiger partial charge in [0.2, 0.25) is 15.9 Å². The Morgan fingerprint density at radius 1 is 1.23 bits per heavy atom. The third kappa shape index (κ3) is 5.28. The lowest BCUT2D eigenvalue weighted by molar-refractivity contribution is 0.0946. The van der Waals surface area contributed by atoms with Gasteiger partial charge in [-0.15, -0.1) is 0 Å². The van der Waals surface area contributed by atoms with Crippen LogP contribution >= 0.6 is 0 Å². The monoisotopic (exact) mass is 565 g/mol. The number of aromatic nitrogens is 5. The molecule has 0 spiro atoms. The zero-order chi connectivity index (χ0) is 28.8. The maximum absolute atomic E-state index is 13.2. The Kier molecular flexibility index (Phi) is 7.08. The molecule has 1 aliphatic carbocycles. The van der Waals surface area contributed by atoms with Crippen molar-refractivity contribution in [1.29, 1.82) is 0 Å². The number of hydrogen-bond acceptors (Lipinski definition) is 8. The fraction of sp³-hybridized carbons (Fsp3) is 0.370. The van der Waals surface area contributed by atoms with Crippen molar-refractivity contribution in [2.75, 3.05) is 11.8 Å². The summed E-state index contributed by atoms with van der Waals surface area (Å²) in [6.07, 6.45) is 2.80. The molecule has 1 fully saturated rings. The van der Waals surface area contributed by atoms with Gasteiger partial charge in [0, 0.05) is 35.6 Å². The van der Waals surface area contributed by atoms with Crippen LogP contribution < -0.4 is 20.3 Å². The Morgan fingerprint density at radius 2 is 1.98 bits per heavy atom. The molecule has 0 atom stereocenters. The smallest absolute Gasteiger partial charge is 0.272 e. The molecule has 40 heavy (non-hydrogen) atoms. The Balaban J connectivity index is 1.48. The molecular weight excluding hydrogens is 534 g/mol. The average molecular weight is 566 g/mol. The molecule has 0 aliphatic heterocycles. The number of ether oxygens (including phenoxy) is 1. The van der Waals surface area contributed by atoms with Crippen molar-refractivity contribution in [3.05, 3.63) is 63.3 Å². The number of nitrogens with zero attached hydrogens (tertiary/aromatic N) is 4. The van der Waals surface area contributed by atoms with E-state index in [0.29, 0.717) is 40.7 Å². The first-order chi connectivity index (χ1) is 19.0. The van der Waals surface area contributed by atoms with Gasteiger partial charge < -0.3 is 15.0 Å². The minimum atomic E-state index is -3.53. The molecule has 210 valence electrons. The molecule has 0 bridgehead atoms. The van der Waals surface area contributed by atoms with Crippen LogP contribution in [0.5, 0.6) is 5.88 Å². The molecule has 0 unspecified atom stereocenters. The van der Waals surface area contributed by atoms with Gasteiger partial charge in [0.15, 0.2) is 11.3 Å². The van der Waals surface area contributed by atoms with Crippen molar-refractivity contribution in [1.82, 2.24) is 30.0 Å². The maximum Gasteiger partial charge on any atom is 0.272 e. The molecule has 13 heteroatoms. The molecule has 3 N–H and O–H groups in total. The Morgan fingerprint density at radius 3 is 2.62 bits per heavy atom. The van der Waals surface area contributed by atoms with E-state index in [0.717, 1.165) is 11.3 Å². The number of H-pyrrole nitrogens is 1. The van der Waals surface area contributed by atoms with E-state index in [1.807, 2.05) is 26.8 Å². The summed E-state index contributed by atoms with van der Waals surface area (Å²) in [5, 5.41) is 7.49. The quantitative estimate of drug-likeness (QED) is 0.279. The zero-order valence-corrected chi connectivity index (χ0v) is 23.7. The first-order valence-electron chi connectivity index (χ1n) is 12.9. The third-order valence-corrected chi connectivity index (χ3v) is 8.59. The van der Waals surface area contributed by atoms with Crippen molar-refractivity contribution in [2.45, 2.75) is 58.4 Å². The van der Waals surface area contributed by atoms with Gasteiger partial charge in [-0.3, -0.25) is 14.3 Å². The van der Waals surface area contributed by atoms with Crippen LogP contribution in [0.2, 0.25) is 0 Å². The van der Waals surface area contributed by atoms with Gasteiger partial charge in [0.1, 0.15) is 5.69 Å². The van der Waals surface area contributed by atoms with Crippen LogP contribution in [-0.2, 0) is 16.6 Å². The average Bonchev–Trinajstić information content (AvgIpc) is 3.69. The lowest BCUT2D eigenvalue weighted by atomic mass is 10.1. The van der Waals surface area contributed by atoms with Crippen LogP contribution in [0.25, 0.3) is 22.3 Å². The van der Waals surface area contributed by atoms with E-state index < -0.39 is 21.2 Å². The van der Waals surface area contributed by atoms with E-state index in [9.17, 15) is 18.0 Å². The highest BCUT2D eigenvalue weighted by atomic mass is 32.2. The van der Waals surface area contributed by atoms with Gasteiger partial charge in [-0.2, -0.15) is 5.10 Å². The summed E-state index contributed by atoms with van der Waals surface area (Å²) < 4.78 is 34.6. The van der Waals surface area contributed by atoms with E-state index in [2.05, 4.69) is 25.1 Å². The summed E-state index contributed by atoms with van der Waals surface area (Å²) >= 11 is 0. The van der Waals surface area contributed by atoms with Gasteiger partial charge in [0.25, 0.3) is 11.5 Å². The Labute approximate surface area is 231 Å². The van der Waals surface area contributed by atoms with Crippen molar-refractivity contribution in [3.63, 3.8) is 0 Å². The van der Waals surface area contributed by atoms with E-state index in [-0.39, 0.29) is 35.4 Å². The lowest BCUT2D eigenvalue weighted by Gasteiger charge is -2.12. The number of fused-ring (bicyclic) bond motifs is 1. The van der Waals surface area contributed by atoms with Gasteiger partial charge in [-0.05, 0) is 70.4 Å². The minimum absolute atomic E-state index is 0.0544. The van der Waals surface area contributed by atoms with Crippen LogP contribution in [0, 0.1) is 13.8 Å². The van der Waals surface area contributed by atoms with Crippen molar-refractivity contribution in [3.8, 4) is 17.1 Å². The molecule has 4 heterocycles. The van der Waals surface area contributed by atoms with E-state index in [4.69, 9.17) is 9.72 Å². The second-order valence-electron chi connectivity index (χ2n) is 10.2. The number of nitrogens with one attached hydrogen (secondary N) is 3. The van der Waals surface area contributed by atoms with Gasteiger partial charge >= 0.3 is 0 Å². The Hall–Kier alpha value is -4.26. The first kappa shape index (κ1) is 27.3. The molecule has 4 aromatic rings. The molecule has 12 nitrogen and oxygen atoms in total. The summed E-state index contributed by atoms with van der Waals surface area (Å²) in [4.78, 5) is 37.4. The number of methoxy groups -OCH3 is 1. The second kappa shape index (κ2) is 10.4. The van der Waals surface area contributed by atoms with Gasteiger partial charge in [-0.1, -0.05) is 0 Å². The number of amides is 1. The molecule has 5 rings (SSSR count). The van der Waals surface area contributed by atoms with E-state index >= 15 is 0 Å². The highest BCUT2D eigenvalue weighted by Crippen LogP contribution is 2.34. The van der Waals surface area contributed by atoms with Gasteiger partial charge in [0.05, 0.1) is 23.4 Å². The summed E-state index contributed by atoms with van der Waals surface area (Å²) in [5.41, 5.74) is 3.76. The molecule has 0 radical (unpaired) electrons. The number of sulfonamides is 1. The fourth-order valence-electron chi connectivity index (χ4n) is 4.50. The largest absolute Gasteiger partial charge is 0.480 e. The number of aromatic amines is 1. The van der Waals surface area contributed by atoms with Crippen molar-refractivity contribution in [2.24, 2.45) is 0 Å². The fourth-order valence-corrected chi connectivity index (χ4v) is 5.88. The number of hydrogen-bond donors (Lipinski definition) is 3. The summed E-state index contributed by atoms with van der Waals surface area (Å²) in [5.74, 6) is -0.274. The molecule has 4 aromatic heterocycles. The number of carbonyl (C=O) groups is 1. The van der Waals surface area contributed by atoms with Crippen LogP contribution in [0.4, 0.5) is 5.69 Å². The second-order valence-corrected chi connectivity index (χ2v) is 12.2. The van der Waals surface area contributed by atoms with Crippen LogP contribution in [0.3, 0.4) is 0 Å². The zero-order valence-electron chi connectivity index (χ0n) is 22.9. The van der Waals surface area contributed by atoms with Gasteiger partial charge in [-0.25, -0.2) is 23.1 Å². The Bertz CT molecular complexity index is 1790. The predicted octanol–water partition coefficient (Wildman–Crippen LogP) is 3.22. The molecule has 1 aliphatic rings. The molecule has 0 aromatic carbocycles. The van der Waals surface area contributed by atoms with E-state index in [1.165, 1.54) is 7.11 Å². The number of aryl methyl sites for hydroxylation is 2. The standard InChI is InChI=1S/C27H31N7O5S/c1-14(2)34-24-19(23(32-34)26(36)28-13-20-15(3)10-16(4)30-25(20)35)8-9-21(31-24)17-11-22(27(39-5)29-12-17)33-40(37,38)18-6-7-18/h8-12,14,18,33H,6-7,13H2,1-5H3,(H,28,36)(H,30,35). The normalized spacial score (nSPS) is 13.6. The van der Waals surface area contributed by atoms with Crippen LogP contribution in [-0.4, -0.2) is 51.4 Å². The van der Waals surface area contributed by atoms with Crippen LogP contribution in [0.15, 0.2) is 35.3 Å². The van der Waals surface area contributed by atoms with Crippen LogP contribution in [0.1, 0.15) is 60.0 Å². The lowest BCUT2D eigenvalue weighted by Crippen LogP contribution is -2.28. The molecular formula is C27H31N7O5S. The van der Waals surface area contributed by atoms with Crippen molar-refractivity contribution < 1.29 is 17.9 Å². The predicted molar refractivity (Wildman–Crippen MR) is 151 cm³/mol. The first-order valence-corrected chi connectivity index (χ1v) is 14.5. The summed E-state index contributed by atoms with van der Waals surface area (Å²) in [6, 6.07) is 6.85. The van der Waals surface area contributed by atoms with Crippen molar-refractivity contribution >= 4 is 32.7 Å². The maximum atomic E-state index is 13.2. The topological polar surface area (TPSA) is 161 Å². The van der Waals surface area contributed by atoms with E-state index in [1.54, 1.807) is 36.0 Å². The molecule has 1 amide bonds. The number of anilines is 1. The number of rotatable bonds is 9. The highest BCUT2D eigenvalue weighted by molar-refractivity contribution is 7.93. The minimum Gasteiger partial charge on any atom is -0.480 e. The number of pyridine rings is 3. The molecule has 0 saturated heterocycles. The summed E-state index contributed by atoms with van der Waals surface area (Å²) in [7, 11) is -2.11. The third-order valence-electron chi connectivity index (χ3n) is 6.73. The summed E-state index contributed by atoms with van der Waals surface area (Å²) in [6.45, 7) is 7.54. The highest BCUT2D eigenvalue weighted by Gasteiger charge is 2.36. The molecule has 1 saturated carbocycles.